The summed E-state index contributed by atoms with van der Waals surface area (Å²) in [5.41, 5.74) is 5.55. The molecule has 0 saturated carbocycles. The van der Waals surface area contributed by atoms with Crippen molar-refractivity contribution in [2.45, 2.75) is 25.8 Å². The van der Waals surface area contributed by atoms with Crippen LogP contribution in [0.25, 0.3) is 0 Å². The minimum Gasteiger partial charge on any atom is -0.349 e. The number of aromatic amines is 1. The van der Waals surface area contributed by atoms with Gasteiger partial charge < -0.3 is 15.6 Å². The summed E-state index contributed by atoms with van der Waals surface area (Å²) in [6.07, 6.45) is 5.37. The summed E-state index contributed by atoms with van der Waals surface area (Å²) in [7, 11) is 0. The lowest BCUT2D eigenvalue weighted by Gasteiger charge is -2.39. The molecule has 0 bridgehead atoms. The molecule has 1 aliphatic rings. The summed E-state index contributed by atoms with van der Waals surface area (Å²) in [5, 5.41) is 0. The van der Waals surface area contributed by atoms with Crippen molar-refractivity contribution >= 4 is 5.82 Å². The molecule has 0 amide bonds. The Balaban J connectivity index is 1.96. The molecule has 1 unspecified atom stereocenters. The summed E-state index contributed by atoms with van der Waals surface area (Å²) in [6.45, 7) is 6.57. The Hall–Kier alpha value is -1.40. The highest BCUT2D eigenvalue weighted by Crippen LogP contribution is 2.14. The molecule has 1 aliphatic heterocycles. The first kappa shape index (κ1) is 14.0. The van der Waals surface area contributed by atoms with E-state index in [9.17, 15) is 4.79 Å². The molecule has 2 heterocycles. The first-order valence-corrected chi connectivity index (χ1v) is 6.99. The number of hydrogen-bond acceptors (Lipinski definition) is 5. The van der Waals surface area contributed by atoms with Crippen molar-refractivity contribution < 1.29 is 0 Å². The maximum atomic E-state index is 11.7. The van der Waals surface area contributed by atoms with E-state index in [-0.39, 0.29) is 5.56 Å². The van der Waals surface area contributed by atoms with Crippen LogP contribution in [0.1, 0.15) is 19.8 Å². The smallest absolute Gasteiger partial charge is 0.290 e. The van der Waals surface area contributed by atoms with Crippen molar-refractivity contribution in [2.24, 2.45) is 5.73 Å². The second-order valence-electron chi connectivity index (χ2n) is 4.90. The van der Waals surface area contributed by atoms with Crippen LogP contribution in [-0.2, 0) is 0 Å². The second-order valence-corrected chi connectivity index (χ2v) is 4.90. The van der Waals surface area contributed by atoms with Crippen LogP contribution in [0.2, 0.25) is 0 Å². The van der Waals surface area contributed by atoms with Gasteiger partial charge in [-0.1, -0.05) is 6.92 Å². The molecule has 0 radical (unpaired) electrons. The predicted octanol–water partition coefficient (Wildman–Crippen LogP) is 0.0193. The summed E-state index contributed by atoms with van der Waals surface area (Å²) >= 11 is 0. The normalized spacial score (nSPS) is 18.5. The van der Waals surface area contributed by atoms with Crippen molar-refractivity contribution in [2.75, 3.05) is 37.6 Å². The minimum atomic E-state index is -0.107. The van der Waals surface area contributed by atoms with Gasteiger partial charge in [0.05, 0.1) is 0 Å². The van der Waals surface area contributed by atoms with Gasteiger partial charge in [0.15, 0.2) is 5.82 Å². The molecule has 0 aliphatic carbocycles. The molecule has 6 nitrogen and oxygen atoms in total. The number of nitrogens with two attached hydrogens (primary N) is 1. The van der Waals surface area contributed by atoms with Crippen LogP contribution in [0.4, 0.5) is 5.82 Å². The lowest BCUT2D eigenvalue weighted by Crippen LogP contribution is -2.51. The molecule has 6 heteroatoms. The summed E-state index contributed by atoms with van der Waals surface area (Å²) in [5.74, 6) is 0.536. The number of H-pyrrole nitrogens is 1. The number of nitrogens with one attached hydrogen (secondary N) is 1. The van der Waals surface area contributed by atoms with Crippen LogP contribution >= 0.6 is 0 Å². The van der Waals surface area contributed by atoms with Crippen molar-refractivity contribution in [1.82, 2.24) is 14.9 Å². The zero-order chi connectivity index (χ0) is 13.7. The van der Waals surface area contributed by atoms with Crippen molar-refractivity contribution in [3.63, 3.8) is 0 Å². The van der Waals surface area contributed by atoms with E-state index in [2.05, 4.69) is 26.7 Å². The highest BCUT2D eigenvalue weighted by molar-refractivity contribution is 5.35. The third-order valence-corrected chi connectivity index (χ3v) is 3.79. The van der Waals surface area contributed by atoms with Crippen LogP contribution < -0.4 is 16.2 Å². The maximum absolute atomic E-state index is 11.7. The highest BCUT2D eigenvalue weighted by Gasteiger charge is 2.23. The van der Waals surface area contributed by atoms with E-state index < -0.39 is 0 Å². The van der Waals surface area contributed by atoms with Gasteiger partial charge in [-0.15, -0.1) is 0 Å². The Morgan fingerprint density at radius 1 is 1.42 bits per heavy atom. The fourth-order valence-electron chi connectivity index (χ4n) is 2.71. The lowest BCUT2D eigenvalue weighted by atomic mass is 10.1. The number of aromatic nitrogens is 2. The van der Waals surface area contributed by atoms with Gasteiger partial charge in [0.2, 0.25) is 0 Å². The monoisotopic (exact) mass is 265 g/mol. The van der Waals surface area contributed by atoms with Gasteiger partial charge in [0.1, 0.15) is 0 Å². The van der Waals surface area contributed by atoms with Crippen molar-refractivity contribution in [3.05, 3.63) is 22.7 Å². The van der Waals surface area contributed by atoms with Gasteiger partial charge in [0, 0.05) is 44.6 Å². The molecule has 1 atom stereocenters. The van der Waals surface area contributed by atoms with E-state index in [0.717, 1.165) is 45.6 Å². The number of anilines is 1. The van der Waals surface area contributed by atoms with E-state index in [1.807, 2.05) is 0 Å². The average molecular weight is 265 g/mol. The van der Waals surface area contributed by atoms with Crippen molar-refractivity contribution in [3.8, 4) is 0 Å². The zero-order valence-corrected chi connectivity index (χ0v) is 11.5. The molecule has 1 saturated heterocycles. The van der Waals surface area contributed by atoms with Crippen LogP contribution in [0.15, 0.2) is 17.2 Å². The molecule has 1 fully saturated rings. The standard InChI is InChI=1S/C13H23N5O/c1-2-11(3-4-14)17-7-9-18(10-8-17)12-13(19)16-6-5-15-12/h5-6,11H,2-4,7-10,14H2,1H3,(H,16,19). The molecule has 19 heavy (non-hydrogen) atoms. The van der Waals surface area contributed by atoms with Gasteiger partial charge in [-0.25, -0.2) is 4.98 Å². The van der Waals surface area contributed by atoms with Crippen molar-refractivity contribution in [1.29, 1.82) is 0 Å². The van der Waals surface area contributed by atoms with E-state index in [4.69, 9.17) is 5.73 Å². The maximum Gasteiger partial charge on any atom is 0.290 e. The summed E-state index contributed by atoms with van der Waals surface area (Å²) in [4.78, 5) is 23.1. The molecule has 3 N–H and O–H groups in total. The Bertz CT molecular complexity index is 439. The van der Waals surface area contributed by atoms with Crippen LogP contribution in [-0.4, -0.2) is 53.6 Å². The van der Waals surface area contributed by atoms with Crippen LogP contribution in [0, 0.1) is 0 Å². The lowest BCUT2D eigenvalue weighted by molar-refractivity contribution is 0.173. The van der Waals surface area contributed by atoms with Gasteiger partial charge >= 0.3 is 0 Å². The van der Waals surface area contributed by atoms with E-state index >= 15 is 0 Å². The van der Waals surface area contributed by atoms with Crippen LogP contribution in [0.5, 0.6) is 0 Å². The Labute approximate surface area is 113 Å². The fourth-order valence-corrected chi connectivity index (χ4v) is 2.71. The Morgan fingerprint density at radius 3 is 2.74 bits per heavy atom. The summed E-state index contributed by atoms with van der Waals surface area (Å²) < 4.78 is 0. The van der Waals surface area contributed by atoms with Gasteiger partial charge in [-0.2, -0.15) is 0 Å². The molecule has 1 aromatic rings. The molecule has 106 valence electrons. The van der Waals surface area contributed by atoms with Crippen LogP contribution in [0.3, 0.4) is 0 Å². The number of piperazine rings is 1. The third kappa shape index (κ3) is 3.33. The largest absolute Gasteiger partial charge is 0.349 e. The molecule has 2 rings (SSSR count). The number of rotatable bonds is 5. The zero-order valence-electron chi connectivity index (χ0n) is 11.5. The number of nitrogens with zero attached hydrogens (tertiary/aromatic N) is 3. The predicted molar refractivity (Wildman–Crippen MR) is 76.4 cm³/mol. The molecular formula is C13H23N5O. The first-order valence-electron chi connectivity index (χ1n) is 6.99. The molecular weight excluding hydrogens is 242 g/mol. The Kier molecular flexibility index (Phi) is 4.93. The second kappa shape index (κ2) is 6.68. The minimum absolute atomic E-state index is 0.107. The molecule has 0 spiro atoms. The van der Waals surface area contributed by atoms with Gasteiger partial charge in [0.25, 0.3) is 5.56 Å². The van der Waals surface area contributed by atoms with E-state index in [1.165, 1.54) is 0 Å². The fraction of sp³-hybridized carbons (Fsp3) is 0.692. The quantitative estimate of drug-likeness (QED) is 0.784. The van der Waals surface area contributed by atoms with Gasteiger partial charge in [-0.05, 0) is 19.4 Å². The number of hydrogen-bond donors (Lipinski definition) is 2. The topological polar surface area (TPSA) is 78.2 Å². The average Bonchev–Trinajstić information content (AvgIpc) is 2.46. The van der Waals surface area contributed by atoms with E-state index in [1.54, 1.807) is 12.4 Å². The summed E-state index contributed by atoms with van der Waals surface area (Å²) in [6, 6.07) is 0.564. The molecule has 0 aromatic carbocycles. The molecule has 1 aromatic heterocycles. The van der Waals surface area contributed by atoms with Gasteiger partial charge in [-0.3, -0.25) is 9.69 Å². The highest BCUT2D eigenvalue weighted by atomic mass is 16.1. The van der Waals surface area contributed by atoms with E-state index in [0.29, 0.717) is 11.9 Å². The first-order chi connectivity index (χ1) is 9.26. The third-order valence-electron chi connectivity index (χ3n) is 3.79. The SMILES string of the molecule is CCC(CCN)N1CCN(c2ncc[nH]c2=O)CC1. The Morgan fingerprint density at radius 2 is 2.16 bits per heavy atom.